The maximum atomic E-state index is 13.3. The Hall–Kier alpha value is -2.37. The molecule has 2 heterocycles. The highest BCUT2D eigenvalue weighted by atomic mass is 16.5. The maximum absolute atomic E-state index is 13.3. The number of benzene rings is 1. The number of aryl methyl sites for hydroxylation is 1. The highest BCUT2D eigenvalue weighted by Crippen LogP contribution is 2.36. The summed E-state index contributed by atoms with van der Waals surface area (Å²) in [5.74, 6) is 2.32. The van der Waals surface area contributed by atoms with Gasteiger partial charge in [0.05, 0.1) is 5.56 Å². The van der Waals surface area contributed by atoms with Crippen molar-refractivity contribution in [1.82, 2.24) is 15.0 Å². The first-order valence-electron chi connectivity index (χ1n) is 9.54. The topological polar surface area (TPSA) is 68.5 Å². The lowest BCUT2D eigenvalue weighted by Gasteiger charge is -2.44. The average Bonchev–Trinajstić information content (AvgIpc) is 3.11. The first kappa shape index (κ1) is 17.1. The molecule has 138 valence electrons. The molecule has 2 unspecified atom stereocenters. The molecule has 1 saturated carbocycles. The molecule has 1 amide bonds. The van der Waals surface area contributed by atoms with Crippen molar-refractivity contribution in [3.8, 4) is 5.75 Å². The molecule has 6 heteroatoms. The maximum Gasteiger partial charge on any atom is 0.257 e. The lowest BCUT2D eigenvalue weighted by molar-refractivity contribution is 0.0386. The Bertz CT molecular complexity index is 771. The van der Waals surface area contributed by atoms with E-state index in [1.165, 1.54) is 25.7 Å². The number of fused-ring (bicyclic) bond motifs is 1. The standard InChI is InChI=1S/C20H25N3O3/c1-14-21-19(22-26-14)13-25-18-11-5-3-9-16(18)20(24)23-12-6-8-15-7-2-4-10-17(15)23/h3,5,9,11,15,17H,2,4,6-8,10,12-13H2,1H3. The van der Waals surface area contributed by atoms with Crippen LogP contribution in [0.5, 0.6) is 5.75 Å². The molecule has 6 nitrogen and oxygen atoms in total. The van der Waals surface area contributed by atoms with E-state index in [1.54, 1.807) is 6.92 Å². The minimum atomic E-state index is 0.0847. The summed E-state index contributed by atoms with van der Waals surface area (Å²) in [4.78, 5) is 19.5. The number of amides is 1. The zero-order chi connectivity index (χ0) is 17.9. The highest BCUT2D eigenvalue weighted by Gasteiger charge is 2.36. The summed E-state index contributed by atoms with van der Waals surface area (Å²) >= 11 is 0. The van der Waals surface area contributed by atoms with Gasteiger partial charge in [0, 0.05) is 19.5 Å². The van der Waals surface area contributed by atoms with Gasteiger partial charge in [0.15, 0.2) is 6.61 Å². The second kappa shape index (κ2) is 7.48. The van der Waals surface area contributed by atoms with Crippen molar-refractivity contribution in [2.45, 2.75) is 58.1 Å². The van der Waals surface area contributed by atoms with Crippen molar-refractivity contribution >= 4 is 5.91 Å². The molecule has 2 aromatic rings. The van der Waals surface area contributed by atoms with Crippen molar-refractivity contribution in [2.24, 2.45) is 5.92 Å². The van der Waals surface area contributed by atoms with Gasteiger partial charge in [-0.3, -0.25) is 4.79 Å². The van der Waals surface area contributed by atoms with Gasteiger partial charge in [-0.05, 0) is 43.7 Å². The van der Waals surface area contributed by atoms with E-state index in [2.05, 4.69) is 15.0 Å². The van der Waals surface area contributed by atoms with E-state index < -0.39 is 0 Å². The fourth-order valence-electron chi connectivity index (χ4n) is 4.34. The summed E-state index contributed by atoms with van der Waals surface area (Å²) in [7, 11) is 0. The monoisotopic (exact) mass is 355 g/mol. The number of likely N-dealkylation sites (tertiary alicyclic amines) is 1. The summed E-state index contributed by atoms with van der Waals surface area (Å²) in [5.41, 5.74) is 0.624. The number of carbonyl (C=O) groups is 1. The van der Waals surface area contributed by atoms with Gasteiger partial charge >= 0.3 is 0 Å². The number of hydrogen-bond acceptors (Lipinski definition) is 5. The largest absolute Gasteiger partial charge is 0.485 e. The molecule has 2 fully saturated rings. The second-order valence-electron chi connectivity index (χ2n) is 7.27. The summed E-state index contributed by atoms with van der Waals surface area (Å²) < 4.78 is 10.8. The van der Waals surface area contributed by atoms with Crippen LogP contribution in [0.4, 0.5) is 0 Å². The van der Waals surface area contributed by atoms with E-state index in [9.17, 15) is 4.79 Å². The fourth-order valence-corrected chi connectivity index (χ4v) is 4.34. The van der Waals surface area contributed by atoms with Crippen LogP contribution in [0.25, 0.3) is 0 Å². The van der Waals surface area contributed by atoms with E-state index in [0.29, 0.717) is 35.0 Å². The number of ether oxygens (including phenoxy) is 1. The molecule has 4 rings (SSSR count). The van der Waals surface area contributed by atoms with Crippen LogP contribution in [0.15, 0.2) is 28.8 Å². The summed E-state index contributed by atoms with van der Waals surface area (Å²) in [6, 6.07) is 7.85. The smallest absolute Gasteiger partial charge is 0.257 e. The minimum absolute atomic E-state index is 0.0847. The Morgan fingerprint density at radius 1 is 1.23 bits per heavy atom. The molecule has 0 spiro atoms. The molecule has 1 saturated heterocycles. The van der Waals surface area contributed by atoms with Gasteiger partial charge in [-0.2, -0.15) is 4.98 Å². The Morgan fingerprint density at radius 3 is 2.88 bits per heavy atom. The fraction of sp³-hybridized carbons (Fsp3) is 0.550. The third kappa shape index (κ3) is 3.45. The van der Waals surface area contributed by atoms with E-state index in [1.807, 2.05) is 24.3 Å². The highest BCUT2D eigenvalue weighted by molar-refractivity contribution is 5.97. The third-order valence-corrected chi connectivity index (χ3v) is 5.55. The lowest BCUT2D eigenvalue weighted by Crippen LogP contribution is -2.49. The SMILES string of the molecule is Cc1nc(COc2ccccc2C(=O)N2CCCC3CCCCC32)no1. The first-order valence-corrected chi connectivity index (χ1v) is 9.54. The van der Waals surface area contributed by atoms with Crippen LogP contribution in [0.1, 0.15) is 60.6 Å². The van der Waals surface area contributed by atoms with Gasteiger partial charge in [0.1, 0.15) is 5.75 Å². The van der Waals surface area contributed by atoms with Crippen LogP contribution in [0, 0.1) is 12.8 Å². The lowest BCUT2D eigenvalue weighted by atomic mass is 9.78. The Morgan fingerprint density at radius 2 is 2.04 bits per heavy atom. The van der Waals surface area contributed by atoms with Crippen LogP contribution >= 0.6 is 0 Å². The van der Waals surface area contributed by atoms with E-state index in [-0.39, 0.29) is 12.5 Å². The molecular formula is C20H25N3O3. The zero-order valence-electron chi connectivity index (χ0n) is 15.2. The summed E-state index contributed by atoms with van der Waals surface area (Å²) in [6.07, 6.45) is 7.25. The van der Waals surface area contributed by atoms with Crippen molar-refractivity contribution in [2.75, 3.05) is 6.54 Å². The van der Waals surface area contributed by atoms with Crippen LogP contribution in [-0.2, 0) is 6.61 Å². The molecule has 0 N–H and O–H groups in total. The van der Waals surface area contributed by atoms with Gasteiger partial charge in [-0.15, -0.1) is 0 Å². The molecule has 2 atom stereocenters. The molecule has 26 heavy (non-hydrogen) atoms. The predicted molar refractivity (Wildman–Crippen MR) is 95.8 cm³/mol. The molecule has 0 radical (unpaired) electrons. The number of aromatic nitrogens is 2. The quantitative estimate of drug-likeness (QED) is 0.835. The number of nitrogens with zero attached hydrogens (tertiary/aromatic N) is 3. The minimum Gasteiger partial charge on any atom is -0.485 e. The van der Waals surface area contributed by atoms with Crippen LogP contribution < -0.4 is 4.74 Å². The van der Waals surface area contributed by atoms with E-state index >= 15 is 0 Å². The number of rotatable bonds is 4. The second-order valence-corrected chi connectivity index (χ2v) is 7.27. The molecule has 1 aromatic carbocycles. The third-order valence-electron chi connectivity index (χ3n) is 5.55. The van der Waals surface area contributed by atoms with Gasteiger partial charge < -0.3 is 14.2 Å². The van der Waals surface area contributed by atoms with Gasteiger partial charge in [-0.1, -0.05) is 30.1 Å². The Balaban J connectivity index is 1.52. The number of para-hydroxylation sites is 1. The van der Waals surface area contributed by atoms with Crippen molar-refractivity contribution in [3.63, 3.8) is 0 Å². The Kier molecular flexibility index (Phi) is 4.91. The van der Waals surface area contributed by atoms with Crippen molar-refractivity contribution in [1.29, 1.82) is 0 Å². The summed E-state index contributed by atoms with van der Waals surface area (Å²) in [6.45, 7) is 2.77. The van der Waals surface area contributed by atoms with Gasteiger partial charge in [0.25, 0.3) is 5.91 Å². The molecular weight excluding hydrogens is 330 g/mol. The van der Waals surface area contributed by atoms with Crippen LogP contribution in [0.3, 0.4) is 0 Å². The number of hydrogen-bond donors (Lipinski definition) is 0. The zero-order valence-corrected chi connectivity index (χ0v) is 15.2. The number of carbonyl (C=O) groups excluding carboxylic acids is 1. The molecule has 1 aliphatic carbocycles. The molecule has 1 aromatic heterocycles. The average molecular weight is 355 g/mol. The van der Waals surface area contributed by atoms with Crippen molar-refractivity contribution < 1.29 is 14.1 Å². The summed E-state index contributed by atoms with van der Waals surface area (Å²) in [5, 5.41) is 3.84. The van der Waals surface area contributed by atoms with E-state index in [4.69, 9.17) is 9.26 Å². The molecule has 1 aliphatic heterocycles. The molecule has 0 bridgehead atoms. The number of piperidine rings is 1. The van der Waals surface area contributed by atoms with Gasteiger partial charge in [-0.25, -0.2) is 0 Å². The van der Waals surface area contributed by atoms with E-state index in [0.717, 1.165) is 19.4 Å². The van der Waals surface area contributed by atoms with Gasteiger partial charge in [0.2, 0.25) is 11.7 Å². The van der Waals surface area contributed by atoms with Crippen LogP contribution in [-0.4, -0.2) is 33.5 Å². The molecule has 2 aliphatic rings. The predicted octanol–water partition coefficient (Wildman–Crippen LogP) is 3.75. The van der Waals surface area contributed by atoms with Crippen LogP contribution in [0.2, 0.25) is 0 Å². The van der Waals surface area contributed by atoms with Crippen molar-refractivity contribution in [3.05, 3.63) is 41.5 Å². The first-order chi connectivity index (χ1) is 12.7. The Labute approximate surface area is 153 Å². The normalized spacial score (nSPS) is 22.7.